The van der Waals surface area contributed by atoms with E-state index in [-0.39, 0.29) is 11.5 Å². The summed E-state index contributed by atoms with van der Waals surface area (Å²) >= 11 is 13.3. The molecule has 24 heavy (non-hydrogen) atoms. The van der Waals surface area contributed by atoms with Crippen LogP contribution in [0, 0.1) is 0 Å². The number of anilines is 1. The fourth-order valence-electron chi connectivity index (χ4n) is 2.36. The number of urea groups is 1. The van der Waals surface area contributed by atoms with E-state index in [2.05, 4.69) is 15.6 Å². The highest BCUT2D eigenvalue weighted by atomic mass is 35.5. The second-order valence-electron chi connectivity index (χ2n) is 5.32. The van der Waals surface area contributed by atoms with Crippen molar-refractivity contribution in [2.24, 2.45) is 0 Å². The Morgan fingerprint density at radius 3 is 2.71 bits per heavy atom. The Morgan fingerprint density at radius 1 is 1.29 bits per heavy atom. The van der Waals surface area contributed by atoms with E-state index in [0.29, 0.717) is 15.8 Å². The summed E-state index contributed by atoms with van der Waals surface area (Å²) in [4.78, 5) is 16.3. The highest BCUT2D eigenvalue weighted by Gasteiger charge is 2.37. The molecule has 2 aromatic rings. The highest BCUT2D eigenvalue weighted by Crippen LogP contribution is 2.30. The van der Waals surface area contributed by atoms with Crippen LogP contribution in [0.1, 0.15) is 0 Å². The molecule has 2 unspecified atom stereocenters. The van der Waals surface area contributed by atoms with Crippen molar-refractivity contribution in [3.8, 4) is 11.3 Å². The minimum atomic E-state index is -3.20. The number of aromatic nitrogens is 1. The summed E-state index contributed by atoms with van der Waals surface area (Å²) in [6, 6.07) is 6.12. The van der Waals surface area contributed by atoms with E-state index in [1.54, 1.807) is 11.4 Å². The van der Waals surface area contributed by atoms with Crippen molar-refractivity contribution < 1.29 is 13.2 Å². The fraction of sp³-hybridized carbons (Fsp3) is 0.286. The molecule has 0 saturated carbocycles. The molecular weight excluding hydrogens is 393 g/mol. The molecule has 0 aliphatic carbocycles. The Balaban J connectivity index is 1.65. The number of amides is 2. The van der Waals surface area contributed by atoms with E-state index < -0.39 is 27.3 Å². The summed E-state index contributed by atoms with van der Waals surface area (Å²) in [5.74, 6) is -0.287. The molecule has 1 saturated heterocycles. The van der Waals surface area contributed by atoms with E-state index in [4.69, 9.17) is 23.2 Å². The lowest BCUT2D eigenvalue weighted by Crippen LogP contribution is -2.42. The number of nitrogens with zero attached hydrogens (tertiary/aromatic N) is 1. The summed E-state index contributed by atoms with van der Waals surface area (Å²) in [6.45, 7) is 0. The number of sulfone groups is 1. The molecule has 0 radical (unpaired) electrons. The van der Waals surface area contributed by atoms with Gasteiger partial charge in [-0.1, -0.05) is 29.8 Å². The molecule has 1 fully saturated rings. The van der Waals surface area contributed by atoms with Crippen molar-refractivity contribution in [1.29, 1.82) is 0 Å². The monoisotopic (exact) mass is 405 g/mol. The van der Waals surface area contributed by atoms with Crippen molar-refractivity contribution in [3.63, 3.8) is 0 Å². The maximum Gasteiger partial charge on any atom is 0.321 e. The Labute approximate surface area is 153 Å². The first-order chi connectivity index (χ1) is 11.3. The van der Waals surface area contributed by atoms with Gasteiger partial charge in [-0.25, -0.2) is 18.2 Å². The smallest absolute Gasteiger partial charge is 0.321 e. The summed E-state index contributed by atoms with van der Waals surface area (Å²) in [6.07, 6.45) is 0. The number of carbonyl (C=O) groups is 1. The first-order valence-electron chi connectivity index (χ1n) is 6.96. The van der Waals surface area contributed by atoms with Crippen LogP contribution in [0.5, 0.6) is 0 Å². The molecule has 10 heteroatoms. The number of halogens is 2. The van der Waals surface area contributed by atoms with Crippen LogP contribution in [0.25, 0.3) is 11.3 Å². The molecule has 3 rings (SSSR count). The van der Waals surface area contributed by atoms with Crippen LogP contribution in [0.15, 0.2) is 29.6 Å². The van der Waals surface area contributed by atoms with Gasteiger partial charge in [-0.3, -0.25) is 5.32 Å². The molecule has 2 heterocycles. The number of carbonyl (C=O) groups excluding carboxylic acids is 1. The normalized spacial score (nSPS) is 22.2. The highest BCUT2D eigenvalue weighted by molar-refractivity contribution is 7.91. The molecule has 1 aromatic carbocycles. The van der Waals surface area contributed by atoms with Crippen molar-refractivity contribution in [1.82, 2.24) is 10.3 Å². The molecule has 1 aliphatic heterocycles. The standard InChI is InChI=1S/C14H13Cl2N3O3S2/c15-9-4-2-1-3-8(9)11-5-23-14(18-11)19-13(20)17-12-7-24(21,22)6-10(12)16/h1-5,10,12H,6-7H2,(H2,17,18,19,20). The first-order valence-corrected chi connectivity index (χ1v) is 10.5. The van der Waals surface area contributed by atoms with Gasteiger partial charge in [-0.05, 0) is 6.07 Å². The first kappa shape index (κ1) is 17.5. The lowest BCUT2D eigenvalue weighted by atomic mass is 10.2. The Bertz CT molecular complexity index is 870. The summed E-state index contributed by atoms with van der Waals surface area (Å²) in [5, 5.41) is 7.26. The quantitative estimate of drug-likeness (QED) is 0.768. The van der Waals surface area contributed by atoms with Gasteiger partial charge in [0.05, 0.1) is 28.6 Å². The van der Waals surface area contributed by atoms with E-state index in [9.17, 15) is 13.2 Å². The zero-order valence-electron chi connectivity index (χ0n) is 12.2. The van der Waals surface area contributed by atoms with Crippen molar-refractivity contribution in [3.05, 3.63) is 34.7 Å². The van der Waals surface area contributed by atoms with E-state index in [0.717, 1.165) is 5.56 Å². The minimum absolute atomic E-state index is 0.132. The third-order valence-corrected chi connectivity index (χ3v) is 6.94. The predicted molar refractivity (Wildman–Crippen MR) is 96.8 cm³/mol. The number of rotatable bonds is 3. The molecule has 1 aliphatic rings. The van der Waals surface area contributed by atoms with E-state index in [1.807, 2.05) is 18.2 Å². The third kappa shape index (κ3) is 4.00. The van der Waals surface area contributed by atoms with Crippen LogP contribution in [-0.2, 0) is 9.84 Å². The number of alkyl halides is 1. The van der Waals surface area contributed by atoms with Crippen LogP contribution in [0.3, 0.4) is 0 Å². The van der Waals surface area contributed by atoms with Crippen LogP contribution < -0.4 is 10.6 Å². The van der Waals surface area contributed by atoms with Crippen molar-refractivity contribution in [2.75, 3.05) is 16.8 Å². The zero-order chi connectivity index (χ0) is 17.3. The number of thiazole rings is 1. The van der Waals surface area contributed by atoms with Gasteiger partial charge >= 0.3 is 6.03 Å². The second-order valence-corrected chi connectivity index (χ2v) is 9.30. The fourth-order valence-corrected chi connectivity index (χ4v) is 5.85. The van der Waals surface area contributed by atoms with Gasteiger partial charge in [0.1, 0.15) is 0 Å². The lowest BCUT2D eigenvalue weighted by Gasteiger charge is -2.13. The largest absolute Gasteiger partial charge is 0.333 e. The molecule has 0 bridgehead atoms. The summed E-state index contributed by atoms with van der Waals surface area (Å²) in [5.41, 5.74) is 1.42. The zero-order valence-corrected chi connectivity index (χ0v) is 15.3. The maximum atomic E-state index is 12.0. The van der Waals surface area contributed by atoms with E-state index in [1.165, 1.54) is 11.3 Å². The average Bonchev–Trinajstić information content (AvgIpc) is 3.03. The van der Waals surface area contributed by atoms with Gasteiger partial charge in [0.2, 0.25) is 0 Å². The molecule has 128 valence electrons. The second kappa shape index (κ2) is 6.87. The number of nitrogens with one attached hydrogen (secondary N) is 2. The molecule has 6 nitrogen and oxygen atoms in total. The molecule has 2 N–H and O–H groups in total. The predicted octanol–water partition coefficient (Wildman–Crippen LogP) is 2.99. The van der Waals surface area contributed by atoms with Crippen LogP contribution >= 0.6 is 34.5 Å². The van der Waals surface area contributed by atoms with Gasteiger partial charge < -0.3 is 5.32 Å². The van der Waals surface area contributed by atoms with Crippen LogP contribution in [-0.4, -0.2) is 42.4 Å². The van der Waals surface area contributed by atoms with Crippen molar-refractivity contribution >= 4 is 55.5 Å². The van der Waals surface area contributed by atoms with Gasteiger partial charge in [-0.2, -0.15) is 0 Å². The minimum Gasteiger partial charge on any atom is -0.333 e. The van der Waals surface area contributed by atoms with E-state index >= 15 is 0 Å². The van der Waals surface area contributed by atoms with Gasteiger partial charge in [0.15, 0.2) is 15.0 Å². The summed E-state index contributed by atoms with van der Waals surface area (Å²) in [7, 11) is -3.20. The Morgan fingerprint density at radius 2 is 2.04 bits per heavy atom. The molecule has 1 aromatic heterocycles. The van der Waals surface area contributed by atoms with Gasteiger partial charge in [0.25, 0.3) is 0 Å². The third-order valence-electron chi connectivity index (χ3n) is 3.47. The molecular formula is C14H13Cl2N3O3S2. The van der Waals surface area contributed by atoms with Gasteiger partial charge in [0, 0.05) is 16.0 Å². The number of hydrogen-bond donors (Lipinski definition) is 2. The maximum absolute atomic E-state index is 12.0. The lowest BCUT2D eigenvalue weighted by molar-refractivity contribution is 0.249. The molecule has 2 amide bonds. The topological polar surface area (TPSA) is 88.2 Å². The van der Waals surface area contributed by atoms with Crippen molar-refractivity contribution in [2.45, 2.75) is 11.4 Å². The van der Waals surface area contributed by atoms with Gasteiger partial charge in [-0.15, -0.1) is 22.9 Å². The molecule has 2 atom stereocenters. The number of hydrogen-bond acceptors (Lipinski definition) is 5. The van der Waals surface area contributed by atoms with Crippen LogP contribution in [0.4, 0.5) is 9.93 Å². The van der Waals surface area contributed by atoms with Crippen LogP contribution in [0.2, 0.25) is 5.02 Å². The average molecular weight is 406 g/mol. The number of benzene rings is 1. The summed E-state index contributed by atoms with van der Waals surface area (Å²) < 4.78 is 23.0. The SMILES string of the molecule is O=C(Nc1nc(-c2ccccc2Cl)cs1)NC1CS(=O)(=O)CC1Cl. The Hall–Kier alpha value is -1.35. The molecule has 0 spiro atoms. The Kier molecular flexibility index (Phi) is 5.00.